The fourth-order valence-electron chi connectivity index (χ4n) is 3.48. The largest absolute Gasteiger partial charge is 0.481 e. The highest BCUT2D eigenvalue weighted by atomic mass is 16.4. The second-order valence-corrected chi connectivity index (χ2v) is 6.77. The van der Waals surface area contributed by atoms with Crippen LogP contribution in [0.2, 0.25) is 0 Å². The standard InChI is InChI=1S/C20H24N2O3/c23-19(21-13-15-8-10-17(11-9-15)20(24)25)18-7-4-12-22(18)14-16-5-2-1-3-6-16/h1-7,12,15,17H,8-11,13-14H2,(H,21,23)(H,24,25). The van der Waals surface area contributed by atoms with Crippen LogP contribution in [-0.4, -0.2) is 28.1 Å². The molecule has 132 valence electrons. The number of carbonyl (C=O) groups is 2. The van der Waals surface area contributed by atoms with Gasteiger partial charge in [-0.05, 0) is 49.3 Å². The third kappa shape index (κ3) is 4.50. The van der Waals surface area contributed by atoms with E-state index in [0.717, 1.165) is 18.4 Å². The summed E-state index contributed by atoms with van der Waals surface area (Å²) in [5, 5.41) is 12.1. The van der Waals surface area contributed by atoms with Gasteiger partial charge in [-0.15, -0.1) is 0 Å². The number of carboxylic acids is 1. The number of aromatic nitrogens is 1. The van der Waals surface area contributed by atoms with Crippen LogP contribution in [0.4, 0.5) is 0 Å². The van der Waals surface area contributed by atoms with E-state index in [2.05, 4.69) is 5.32 Å². The predicted molar refractivity (Wildman–Crippen MR) is 95.4 cm³/mol. The van der Waals surface area contributed by atoms with E-state index >= 15 is 0 Å². The van der Waals surface area contributed by atoms with Gasteiger partial charge in [0.05, 0.1) is 5.92 Å². The zero-order chi connectivity index (χ0) is 17.6. The molecule has 1 amide bonds. The quantitative estimate of drug-likeness (QED) is 0.848. The summed E-state index contributed by atoms with van der Waals surface area (Å²) >= 11 is 0. The van der Waals surface area contributed by atoms with Crippen molar-refractivity contribution in [1.82, 2.24) is 9.88 Å². The van der Waals surface area contributed by atoms with Gasteiger partial charge in [-0.25, -0.2) is 0 Å². The summed E-state index contributed by atoms with van der Waals surface area (Å²) in [6.07, 6.45) is 5.06. The van der Waals surface area contributed by atoms with E-state index in [4.69, 9.17) is 5.11 Å². The van der Waals surface area contributed by atoms with E-state index < -0.39 is 5.97 Å². The Hall–Kier alpha value is -2.56. The lowest BCUT2D eigenvalue weighted by molar-refractivity contribution is -0.143. The Balaban J connectivity index is 1.53. The molecule has 0 radical (unpaired) electrons. The van der Waals surface area contributed by atoms with Crippen molar-refractivity contribution in [1.29, 1.82) is 0 Å². The van der Waals surface area contributed by atoms with Gasteiger partial charge in [0.25, 0.3) is 5.91 Å². The smallest absolute Gasteiger partial charge is 0.306 e. The summed E-state index contributed by atoms with van der Waals surface area (Å²) in [6, 6.07) is 13.8. The molecular formula is C20H24N2O3. The number of nitrogens with zero attached hydrogens (tertiary/aromatic N) is 1. The number of hydrogen-bond acceptors (Lipinski definition) is 2. The van der Waals surface area contributed by atoms with Gasteiger partial charge in [0.1, 0.15) is 5.69 Å². The minimum atomic E-state index is -0.693. The topological polar surface area (TPSA) is 71.3 Å². The number of carbonyl (C=O) groups excluding carboxylic acids is 1. The molecule has 0 spiro atoms. The Labute approximate surface area is 147 Å². The molecule has 1 aliphatic rings. The number of amides is 1. The van der Waals surface area contributed by atoms with Crippen molar-refractivity contribution >= 4 is 11.9 Å². The van der Waals surface area contributed by atoms with Gasteiger partial charge in [0, 0.05) is 19.3 Å². The molecule has 2 N–H and O–H groups in total. The van der Waals surface area contributed by atoms with Gasteiger partial charge in [0.15, 0.2) is 0 Å². The molecule has 5 nitrogen and oxygen atoms in total. The van der Waals surface area contributed by atoms with Crippen LogP contribution in [0.3, 0.4) is 0 Å². The van der Waals surface area contributed by atoms with Crippen molar-refractivity contribution in [2.45, 2.75) is 32.2 Å². The SMILES string of the molecule is O=C(NCC1CCC(C(=O)O)CC1)c1cccn1Cc1ccccc1. The van der Waals surface area contributed by atoms with Gasteiger partial charge in [0.2, 0.25) is 0 Å². The monoisotopic (exact) mass is 340 g/mol. The zero-order valence-electron chi connectivity index (χ0n) is 14.2. The lowest BCUT2D eigenvalue weighted by Gasteiger charge is -2.26. The zero-order valence-corrected chi connectivity index (χ0v) is 14.2. The molecule has 1 fully saturated rings. The lowest BCUT2D eigenvalue weighted by atomic mass is 9.82. The summed E-state index contributed by atoms with van der Waals surface area (Å²) in [4.78, 5) is 23.5. The first-order valence-corrected chi connectivity index (χ1v) is 8.83. The number of aliphatic carboxylic acids is 1. The van der Waals surface area contributed by atoms with Crippen LogP contribution in [0.1, 0.15) is 41.7 Å². The van der Waals surface area contributed by atoms with Crippen LogP contribution in [0, 0.1) is 11.8 Å². The average molecular weight is 340 g/mol. The van der Waals surface area contributed by atoms with E-state index in [1.807, 2.05) is 53.2 Å². The highest BCUT2D eigenvalue weighted by molar-refractivity contribution is 5.92. The fraction of sp³-hybridized carbons (Fsp3) is 0.400. The molecule has 1 aliphatic carbocycles. The highest BCUT2D eigenvalue weighted by Gasteiger charge is 2.26. The van der Waals surface area contributed by atoms with Crippen molar-refractivity contribution in [2.24, 2.45) is 11.8 Å². The third-order valence-corrected chi connectivity index (χ3v) is 5.01. The maximum absolute atomic E-state index is 12.5. The van der Waals surface area contributed by atoms with E-state index in [1.54, 1.807) is 0 Å². The lowest BCUT2D eigenvalue weighted by Crippen LogP contribution is -2.33. The molecule has 0 saturated heterocycles. The van der Waals surface area contributed by atoms with Gasteiger partial charge >= 0.3 is 5.97 Å². The molecule has 0 atom stereocenters. The Bertz CT molecular complexity index is 716. The van der Waals surface area contributed by atoms with Crippen molar-refractivity contribution < 1.29 is 14.7 Å². The van der Waals surface area contributed by atoms with Crippen LogP contribution in [0.5, 0.6) is 0 Å². The number of rotatable bonds is 6. The minimum absolute atomic E-state index is 0.0683. The average Bonchev–Trinajstić information content (AvgIpc) is 3.09. The fourth-order valence-corrected chi connectivity index (χ4v) is 3.48. The Morgan fingerprint density at radius 3 is 2.44 bits per heavy atom. The summed E-state index contributed by atoms with van der Waals surface area (Å²) in [6.45, 7) is 1.28. The molecule has 0 bridgehead atoms. The van der Waals surface area contributed by atoms with Crippen LogP contribution in [0.15, 0.2) is 48.7 Å². The normalized spacial score (nSPS) is 20.2. The first kappa shape index (κ1) is 17.3. The Kier molecular flexibility index (Phi) is 5.53. The van der Waals surface area contributed by atoms with Crippen molar-refractivity contribution in [3.05, 3.63) is 59.9 Å². The third-order valence-electron chi connectivity index (χ3n) is 5.01. The number of nitrogens with one attached hydrogen (secondary N) is 1. The molecule has 0 aliphatic heterocycles. The summed E-state index contributed by atoms with van der Waals surface area (Å²) in [5.41, 5.74) is 1.81. The van der Waals surface area contributed by atoms with E-state index in [9.17, 15) is 9.59 Å². The van der Waals surface area contributed by atoms with Gasteiger partial charge in [-0.3, -0.25) is 9.59 Å². The maximum atomic E-state index is 12.5. The molecule has 1 heterocycles. The van der Waals surface area contributed by atoms with Crippen molar-refractivity contribution in [3.63, 3.8) is 0 Å². The molecule has 3 rings (SSSR count). The Morgan fingerprint density at radius 1 is 1.04 bits per heavy atom. The molecule has 1 saturated carbocycles. The van der Waals surface area contributed by atoms with E-state index in [1.165, 1.54) is 0 Å². The number of hydrogen-bond donors (Lipinski definition) is 2. The number of carboxylic acid groups (broad SMARTS) is 1. The van der Waals surface area contributed by atoms with Gasteiger partial charge in [-0.1, -0.05) is 30.3 Å². The first-order chi connectivity index (χ1) is 12.1. The summed E-state index contributed by atoms with van der Waals surface area (Å²) < 4.78 is 1.95. The van der Waals surface area contributed by atoms with Gasteiger partial charge in [-0.2, -0.15) is 0 Å². The first-order valence-electron chi connectivity index (χ1n) is 8.83. The molecule has 1 aromatic carbocycles. The molecular weight excluding hydrogens is 316 g/mol. The van der Waals surface area contributed by atoms with Crippen molar-refractivity contribution in [2.75, 3.05) is 6.54 Å². The van der Waals surface area contributed by atoms with E-state index in [-0.39, 0.29) is 11.8 Å². The van der Waals surface area contributed by atoms with Crippen LogP contribution < -0.4 is 5.32 Å². The van der Waals surface area contributed by atoms with Crippen molar-refractivity contribution in [3.8, 4) is 0 Å². The second-order valence-electron chi connectivity index (χ2n) is 6.77. The minimum Gasteiger partial charge on any atom is -0.481 e. The van der Waals surface area contributed by atoms with E-state index in [0.29, 0.717) is 37.5 Å². The summed E-state index contributed by atoms with van der Waals surface area (Å²) in [5.74, 6) is -0.602. The molecule has 2 aromatic rings. The predicted octanol–water partition coefficient (Wildman–Crippen LogP) is 3.16. The second kappa shape index (κ2) is 8.01. The van der Waals surface area contributed by atoms with Crippen LogP contribution >= 0.6 is 0 Å². The molecule has 0 unspecified atom stereocenters. The maximum Gasteiger partial charge on any atom is 0.306 e. The highest BCUT2D eigenvalue weighted by Crippen LogP contribution is 2.28. The molecule has 5 heteroatoms. The van der Waals surface area contributed by atoms with Crippen LogP contribution in [-0.2, 0) is 11.3 Å². The molecule has 25 heavy (non-hydrogen) atoms. The Morgan fingerprint density at radius 2 is 1.76 bits per heavy atom. The van der Waals surface area contributed by atoms with Gasteiger partial charge < -0.3 is 15.0 Å². The summed E-state index contributed by atoms with van der Waals surface area (Å²) in [7, 11) is 0. The molecule has 1 aromatic heterocycles. The number of benzene rings is 1. The van der Waals surface area contributed by atoms with Crippen LogP contribution in [0.25, 0.3) is 0 Å².